The Morgan fingerprint density at radius 3 is 1.69 bits per heavy atom. The summed E-state index contributed by atoms with van der Waals surface area (Å²) in [7, 11) is 0. The van der Waals surface area contributed by atoms with E-state index in [-0.39, 0.29) is 11.6 Å². The standard InChI is InChI=1S/C24H30O2/c1-3-4-5-8-20-13-17-23(18-14-20)24(26)10-7-6-9-21-11-15-22(16-12-21)19(2)25/h11-18H,3-10H2,1-2H3. The molecule has 138 valence electrons. The van der Waals surface area contributed by atoms with E-state index in [2.05, 4.69) is 19.1 Å². The van der Waals surface area contributed by atoms with Crippen molar-refractivity contribution in [3.05, 3.63) is 70.8 Å². The van der Waals surface area contributed by atoms with Crippen LogP contribution in [0.25, 0.3) is 0 Å². The minimum absolute atomic E-state index is 0.0959. The van der Waals surface area contributed by atoms with Gasteiger partial charge in [-0.1, -0.05) is 68.3 Å². The molecular formula is C24H30O2. The van der Waals surface area contributed by atoms with Crippen molar-refractivity contribution in [1.82, 2.24) is 0 Å². The number of hydrogen-bond acceptors (Lipinski definition) is 2. The van der Waals surface area contributed by atoms with Crippen LogP contribution < -0.4 is 0 Å². The largest absolute Gasteiger partial charge is 0.295 e. The van der Waals surface area contributed by atoms with Gasteiger partial charge in [-0.3, -0.25) is 9.59 Å². The average molecular weight is 351 g/mol. The molecule has 0 aliphatic rings. The first kappa shape index (κ1) is 20.1. The number of ketones is 2. The molecule has 0 heterocycles. The van der Waals surface area contributed by atoms with E-state index in [0.717, 1.165) is 36.8 Å². The van der Waals surface area contributed by atoms with E-state index in [9.17, 15) is 9.59 Å². The van der Waals surface area contributed by atoms with Gasteiger partial charge in [-0.25, -0.2) is 0 Å². The lowest BCUT2D eigenvalue weighted by molar-refractivity contribution is 0.0977. The van der Waals surface area contributed by atoms with Crippen LogP contribution in [0.15, 0.2) is 48.5 Å². The zero-order chi connectivity index (χ0) is 18.8. The van der Waals surface area contributed by atoms with Crippen molar-refractivity contribution in [2.24, 2.45) is 0 Å². The molecule has 26 heavy (non-hydrogen) atoms. The van der Waals surface area contributed by atoms with Gasteiger partial charge in [-0.15, -0.1) is 0 Å². The quantitative estimate of drug-likeness (QED) is 0.356. The third kappa shape index (κ3) is 6.59. The van der Waals surface area contributed by atoms with Crippen molar-refractivity contribution < 1.29 is 9.59 Å². The number of carbonyl (C=O) groups excluding carboxylic acids is 2. The summed E-state index contributed by atoms with van der Waals surface area (Å²) in [4.78, 5) is 23.6. The van der Waals surface area contributed by atoms with Crippen molar-refractivity contribution in [2.45, 2.75) is 65.2 Å². The first-order chi connectivity index (χ1) is 12.6. The van der Waals surface area contributed by atoms with Crippen molar-refractivity contribution >= 4 is 11.6 Å². The smallest absolute Gasteiger partial charge is 0.162 e. The van der Waals surface area contributed by atoms with Gasteiger partial charge in [-0.05, 0) is 50.2 Å². The van der Waals surface area contributed by atoms with Gasteiger partial charge in [0.25, 0.3) is 0 Å². The molecule has 0 aliphatic heterocycles. The number of rotatable bonds is 11. The van der Waals surface area contributed by atoms with Gasteiger partial charge in [-0.2, -0.15) is 0 Å². The number of aryl methyl sites for hydroxylation is 2. The number of Topliss-reactive ketones (excluding diaryl/α,β-unsaturated/α-hetero) is 2. The zero-order valence-corrected chi connectivity index (χ0v) is 16.1. The maximum atomic E-state index is 12.3. The fourth-order valence-corrected chi connectivity index (χ4v) is 3.10. The summed E-state index contributed by atoms with van der Waals surface area (Å²) >= 11 is 0. The number of benzene rings is 2. The first-order valence-electron chi connectivity index (χ1n) is 9.82. The normalized spacial score (nSPS) is 10.7. The summed E-state index contributed by atoms with van der Waals surface area (Å²) < 4.78 is 0. The Morgan fingerprint density at radius 1 is 0.692 bits per heavy atom. The SMILES string of the molecule is CCCCCc1ccc(C(=O)CCCCc2ccc(C(C)=O)cc2)cc1. The Labute approximate surface area is 157 Å². The van der Waals surface area contributed by atoms with Crippen molar-refractivity contribution in [3.63, 3.8) is 0 Å². The lowest BCUT2D eigenvalue weighted by Crippen LogP contribution is -2.00. The van der Waals surface area contributed by atoms with E-state index >= 15 is 0 Å². The highest BCUT2D eigenvalue weighted by atomic mass is 16.1. The molecule has 0 radical (unpaired) electrons. The Morgan fingerprint density at radius 2 is 1.19 bits per heavy atom. The second kappa shape index (κ2) is 10.7. The monoisotopic (exact) mass is 350 g/mol. The Kier molecular flexibility index (Phi) is 8.27. The Bertz CT molecular complexity index is 696. The second-order valence-electron chi connectivity index (χ2n) is 7.04. The maximum Gasteiger partial charge on any atom is 0.162 e. The highest BCUT2D eigenvalue weighted by Crippen LogP contribution is 2.14. The van der Waals surface area contributed by atoms with Gasteiger partial charge in [0.1, 0.15) is 0 Å². The molecule has 0 N–H and O–H groups in total. The molecule has 0 bridgehead atoms. The average Bonchev–Trinajstić information content (AvgIpc) is 2.66. The van der Waals surface area contributed by atoms with E-state index in [0.29, 0.717) is 6.42 Å². The van der Waals surface area contributed by atoms with Crippen LogP contribution in [-0.2, 0) is 12.8 Å². The second-order valence-corrected chi connectivity index (χ2v) is 7.04. The van der Waals surface area contributed by atoms with Gasteiger partial charge in [0.2, 0.25) is 0 Å². The predicted octanol–water partition coefficient (Wildman–Crippen LogP) is 6.22. The lowest BCUT2D eigenvalue weighted by Gasteiger charge is -2.05. The molecule has 0 unspecified atom stereocenters. The molecule has 2 rings (SSSR count). The Balaban J connectivity index is 1.72. The first-order valence-corrected chi connectivity index (χ1v) is 9.82. The van der Waals surface area contributed by atoms with Crippen LogP contribution in [0.3, 0.4) is 0 Å². The van der Waals surface area contributed by atoms with Gasteiger partial charge in [0.15, 0.2) is 11.6 Å². The fraction of sp³-hybridized carbons (Fsp3) is 0.417. The molecule has 2 nitrogen and oxygen atoms in total. The summed E-state index contributed by atoms with van der Waals surface area (Å²) in [5.74, 6) is 0.329. The molecular weight excluding hydrogens is 320 g/mol. The van der Waals surface area contributed by atoms with Crippen molar-refractivity contribution in [3.8, 4) is 0 Å². The molecule has 2 heteroatoms. The number of unbranched alkanes of at least 4 members (excludes halogenated alkanes) is 3. The molecule has 0 spiro atoms. The molecule has 0 atom stereocenters. The van der Waals surface area contributed by atoms with Crippen LogP contribution in [-0.4, -0.2) is 11.6 Å². The van der Waals surface area contributed by atoms with Crippen LogP contribution in [0.1, 0.15) is 84.2 Å². The van der Waals surface area contributed by atoms with E-state index in [1.165, 1.54) is 30.4 Å². The minimum atomic E-state index is 0.0959. The van der Waals surface area contributed by atoms with Crippen LogP contribution in [0.4, 0.5) is 0 Å². The van der Waals surface area contributed by atoms with E-state index in [4.69, 9.17) is 0 Å². The maximum absolute atomic E-state index is 12.3. The number of carbonyl (C=O) groups is 2. The fourth-order valence-electron chi connectivity index (χ4n) is 3.10. The zero-order valence-electron chi connectivity index (χ0n) is 16.1. The van der Waals surface area contributed by atoms with Crippen LogP contribution in [0.5, 0.6) is 0 Å². The molecule has 2 aromatic rings. The summed E-state index contributed by atoms with van der Waals surface area (Å²) in [6, 6.07) is 15.9. The molecule has 2 aromatic carbocycles. The summed E-state index contributed by atoms with van der Waals surface area (Å²) in [6.45, 7) is 3.79. The molecule has 0 aliphatic carbocycles. The molecule has 0 amide bonds. The third-order valence-corrected chi connectivity index (χ3v) is 4.82. The molecule has 0 saturated carbocycles. The van der Waals surface area contributed by atoms with Crippen LogP contribution >= 0.6 is 0 Å². The topological polar surface area (TPSA) is 34.1 Å². The summed E-state index contributed by atoms with van der Waals surface area (Å²) in [6.07, 6.45) is 8.24. The molecule has 0 saturated heterocycles. The third-order valence-electron chi connectivity index (χ3n) is 4.82. The Hall–Kier alpha value is -2.22. The van der Waals surface area contributed by atoms with Gasteiger partial charge >= 0.3 is 0 Å². The summed E-state index contributed by atoms with van der Waals surface area (Å²) in [5.41, 5.74) is 4.13. The van der Waals surface area contributed by atoms with E-state index < -0.39 is 0 Å². The van der Waals surface area contributed by atoms with Gasteiger partial charge < -0.3 is 0 Å². The molecule has 0 fully saturated rings. The van der Waals surface area contributed by atoms with Crippen molar-refractivity contribution in [2.75, 3.05) is 0 Å². The van der Waals surface area contributed by atoms with Crippen LogP contribution in [0, 0.1) is 0 Å². The van der Waals surface area contributed by atoms with Crippen molar-refractivity contribution in [1.29, 1.82) is 0 Å². The predicted molar refractivity (Wildman–Crippen MR) is 108 cm³/mol. The van der Waals surface area contributed by atoms with E-state index in [1.807, 2.05) is 36.4 Å². The van der Waals surface area contributed by atoms with Gasteiger partial charge in [0.05, 0.1) is 0 Å². The highest BCUT2D eigenvalue weighted by Gasteiger charge is 2.06. The number of hydrogen-bond donors (Lipinski definition) is 0. The molecule has 0 aromatic heterocycles. The highest BCUT2D eigenvalue weighted by molar-refractivity contribution is 5.96. The summed E-state index contributed by atoms with van der Waals surface area (Å²) in [5, 5.41) is 0. The van der Waals surface area contributed by atoms with E-state index in [1.54, 1.807) is 6.92 Å². The lowest BCUT2D eigenvalue weighted by atomic mass is 9.99. The minimum Gasteiger partial charge on any atom is -0.295 e. The van der Waals surface area contributed by atoms with Crippen LogP contribution in [0.2, 0.25) is 0 Å². The van der Waals surface area contributed by atoms with Gasteiger partial charge in [0, 0.05) is 17.5 Å².